The molecule has 1 aromatic carbocycles. The molecule has 2 heterocycles. The molecular formula is C12H8N4O2. The van der Waals surface area contributed by atoms with Crippen molar-refractivity contribution >= 4 is 10.9 Å². The summed E-state index contributed by atoms with van der Waals surface area (Å²) in [6, 6.07) is 10.6. The summed E-state index contributed by atoms with van der Waals surface area (Å²) in [6.07, 6.45) is 3.27. The molecule has 18 heavy (non-hydrogen) atoms. The maximum atomic E-state index is 11.0. The first-order valence-corrected chi connectivity index (χ1v) is 5.30. The Morgan fingerprint density at radius 3 is 2.56 bits per heavy atom. The minimum Gasteiger partial charge on any atom is -0.339 e. The number of para-hydroxylation sites is 1. The highest BCUT2D eigenvalue weighted by atomic mass is 16.7. The average molecular weight is 240 g/mol. The number of aromatic nitrogens is 3. The zero-order chi connectivity index (χ0) is 12.5. The van der Waals surface area contributed by atoms with Gasteiger partial charge >= 0.3 is 0 Å². The van der Waals surface area contributed by atoms with Crippen LogP contribution in [0.25, 0.3) is 22.2 Å². The van der Waals surface area contributed by atoms with Gasteiger partial charge in [0.1, 0.15) is 5.52 Å². The molecule has 3 rings (SSSR count). The SMILES string of the molecule is O=[N+]([O-])n1nc(-c2ccncc2)c2ccccc21. The third-order valence-electron chi connectivity index (χ3n) is 2.68. The monoisotopic (exact) mass is 240 g/mol. The van der Waals surface area contributed by atoms with E-state index in [-0.39, 0.29) is 0 Å². The van der Waals surface area contributed by atoms with Gasteiger partial charge in [-0.25, -0.2) is 0 Å². The number of pyridine rings is 1. The van der Waals surface area contributed by atoms with E-state index >= 15 is 0 Å². The molecule has 0 spiro atoms. The Labute approximate surface area is 102 Å². The van der Waals surface area contributed by atoms with Crippen molar-refractivity contribution in [1.82, 2.24) is 14.9 Å². The van der Waals surface area contributed by atoms with Crippen LogP contribution in [0, 0.1) is 10.1 Å². The number of hydrogen-bond donors (Lipinski definition) is 0. The molecule has 0 saturated heterocycles. The highest BCUT2D eigenvalue weighted by molar-refractivity contribution is 5.92. The first kappa shape index (κ1) is 10.4. The van der Waals surface area contributed by atoms with Crippen molar-refractivity contribution in [2.45, 2.75) is 0 Å². The number of nitrogens with zero attached hydrogens (tertiary/aromatic N) is 4. The second-order valence-corrected chi connectivity index (χ2v) is 3.73. The molecule has 0 fully saturated rings. The largest absolute Gasteiger partial charge is 0.339 e. The van der Waals surface area contributed by atoms with Crippen LogP contribution in [0.15, 0.2) is 48.8 Å². The van der Waals surface area contributed by atoms with Gasteiger partial charge in [0, 0.05) is 22.7 Å². The maximum absolute atomic E-state index is 11.0. The van der Waals surface area contributed by atoms with E-state index in [0.29, 0.717) is 11.2 Å². The quantitative estimate of drug-likeness (QED) is 0.508. The predicted molar refractivity (Wildman–Crippen MR) is 65.4 cm³/mol. The molecule has 0 radical (unpaired) electrons. The zero-order valence-corrected chi connectivity index (χ0v) is 9.22. The number of benzene rings is 1. The first-order chi connectivity index (χ1) is 8.77. The summed E-state index contributed by atoms with van der Waals surface area (Å²) in [5.41, 5.74) is 1.88. The van der Waals surface area contributed by atoms with E-state index in [1.54, 1.807) is 36.7 Å². The molecule has 3 aromatic rings. The van der Waals surface area contributed by atoms with Gasteiger partial charge in [-0.05, 0) is 24.3 Å². The summed E-state index contributed by atoms with van der Waals surface area (Å²) in [5, 5.41) is 15.2. The second kappa shape index (κ2) is 3.92. The van der Waals surface area contributed by atoms with E-state index in [0.717, 1.165) is 15.7 Å². The van der Waals surface area contributed by atoms with E-state index in [2.05, 4.69) is 10.1 Å². The average Bonchev–Trinajstić information content (AvgIpc) is 2.79. The first-order valence-electron chi connectivity index (χ1n) is 5.30. The van der Waals surface area contributed by atoms with Gasteiger partial charge in [0.25, 0.3) is 0 Å². The maximum Gasteiger partial charge on any atom is 0.218 e. The van der Waals surface area contributed by atoms with E-state index in [4.69, 9.17) is 0 Å². The van der Waals surface area contributed by atoms with Gasteiger partial charge in [-0.15, -0.1) is 0 Å². The van der Waals surface area contributed by atoms with Crippen LogP contribution in [0.2, 0.25) is 0 Å². The van der Waals surface area contributed by atoms with Gasteiger partial charge in [0.15, 0.2) is 0 Å². The molecule has 0 atom stereocenters. The Bertz CT molecular complexity index is 721. The lowest BCUT2D eigenvalue weighted by Gasteiger charge is -1.92. The summed E-state index contributed by atoms with van der Waals surface area (Å²) in [7, 11) is 0. The van der Waals surface area contributed by atoms with Crippen LogP contribution in [-0.4, -0.2) is 19.9 Å². The number of fused-ring (bicyclic) bond motifs is 1. The Morgan fingerprint density at radius 2 is 1.83 bits per heavy atom. The smallest absolute Gasteiger partial charge is 0.218 e. The van der Waals surface area contributed by atoms with Gasteiger partial charge in [0.05, 0.1) is 15.5 Å². The van der Waals surface area contributed by atoms with Crippen LogP contribution < -0.4 is 0 Å². The van der Waals surface area contributed by atoms with Crippen LogP contribution in [0.5, 0.6) is 0 Å². The summed E-state index contributed by atoms with van der Waals surface area (Å²) in [4.78, 5) is 15.7. The Morgan fingerprint density at radius 1 is 1.11 bits per heavy atom. The normalized spacial score (nSPS) is 10.7. The van der Waals surface area contributed by atoms with Gasteiger partial charge in [-0.2, -0.15) is 0 Å². The summed E-state index contributed by atoms with van der Waals surface area (Å²) < 4.78 is 0. The van der Waals surface area contributed by atoms with Crippen LogP contribution in [0.4, 0.5) is 0 Å². The Hall–Kier alpha value is -2.76. The molecule has 0 bridgehead atoms. The lowest BCUT2D eigenvalue weighted by atomic mass is 10.1. The molecule has 2 aromatic heterocycles. The zero-order valence-electron chi connectivity index (χ0n) is 9.22. The van der Waals surface area contributed by atoms with Crippen molar-refractivity contribution in [3.63, 3.8) is 0 Å². The molecule has 0 aliphatic carbocycles. The predicted octanol–water partition coefficient (Wildman–Crippen LogP) is 2.14. The van der Waals surface area contributed by atoms with Gasteiger partial charge in [0.2, 0.25) is 5.69 Å². The van der Waals surface area contributed by atoms with Crippen LogP contribution >= 0.6 is 0 Å². The molecule has 0 saturated carbocycles. The van der Waals surface area contributed by atoms with E-state index in [9.17, 15) is 10.1 Å². The number of nitro groups is 1. The molecular weight excluding hydrogens is 232 g/mol. The van der Waals surface area contributed by atoms with E-state index in [1.807, 2.05) is 12.1 Å². The van der Waals surface area contributed by atoms with E-state index in [1.165, 1.54) is 0 Å². The van der Waals surface area contributed by atoms with Gasteiger partial charge in [-0.3, -0.25) is 4.98 Å². The van der Waals surface area contributed by atoms with Crippen molar-refractivity contribution in [1.29, 1.82) is 0 Å². The minimum absolute atomic E-state index is 0.481. The Balaban J connectivity index is 2.34. The molecule has 88 valence electrons. The van der Waals surface area contributed by atoms with Crippen molar-refractivity contribution in [2.75, 3.05) is 0 Å². The molecule has 6 heteroatoms. The minimum atomic E-state index is -0.535. The molecule has 0 amide bonds. The van der Waals surface area contributed by atoms with Gasteiger partial charge < -0.3 is 10.1 Å². The summed E-state index contributed by atoms with van der Waals surface area (Å²) in [6.45, 7) is 0. The second-order valence-electron chi connectivity index (χ2n) is 3.73. The standard InChI is InChI=1S/C12H8N4O2/c17-16(18)15-11-4-2-1-3-10(11)12(14-15)9-5-7-13-8-6-9/h1-8H. The van der Waals surface area contributed by atoms with Crippen molar-refractivity contribution in [3.05, 3.63) is 58.9 Å². The number of rotatable bonds is 2. The molecule has 6 nitrogen and oxygen atoms in total. The molecule has 0 aliphatic rings. The highest BCUT2D eigenvalue weighted by Gasteiger charge is 2.20. The summed E-state index contributed by atoms with van der Waals surface area (Å²) in [5.74, 6) is 0. The van der Waals surface area contributed by atoms with E-state index < -0.39 is 5.03 Å². The lowest BCUT2D eigenvalue weighted by molar-refractivity contribution is -0.548. The topological polar surface area (TPSA) is 73.8 Å². The third-order valence-corrected chi connectivity index (χ3v) is 2.68. The van der Waals surface area contributed by atoms with Crippen molar-refractivity contribution in [2.24, 2.45) is 0 Å². The third kappa shape index (κ3) is 1.51. The number of hydrogen-bond acceptors (Lipinski definition) is 4. The van der Waals surface area contributed by atoms with Crippen LogP contribution in [-0.2, 0) is 0 Å². The summed E-state index contributed by atoms with van der Waals surface area (Å²) >= 11 is 0. The fourth-order valence-electron chi connectivity index (χ4n) is 1.90. The van der Waals surface area contributed by atoms with Crippen molar-refractivity contribution < 1.29 is 5.03 Å². The Kier molecular flexibility index (Phi) is 2.26. The van der Waals surface area contributed by atoms with Gasteiger partial charge in [-0.1, -0.05) is 12.1 Å². The van der Waals surface area contributed by atoms with Crippen LogP contribution in [0.3, 0.4) is 0 Å². The fourth-order valence-corrected chi connectivity index (χ4v) is 1.90. The lowest BCUT2D eigenvalue weighted by Crippen LogP contribution is -2.09. The fraction of sp³-hybridized carbons (Fsp3) is 0. The van der Waals surface area contributed by atoms with Crippen LogP contribution in [0.1, 0.15) is 0 Å². The highest BCUT2D eigenvalue weighted by Crippen LogP contribution is 2.26. The molecule has 0 N–H and O–H groups in total. The molecule has 0 aliphatic heterocycles. The van der Waals surface area contributed by atoms with Crippen molar-refractivity contribution in [3.8, 4) is 11.3 Å². The molecule has 0 unspecified atom stereocenters.